The standard InChI is InChI=1S/C18H28N4/c1-13(2)21-11-7-8-14(12-21)16-20-15-9-6-10-19-17(15)22(16)18(3,4)5/h6,9-10,13-14H,7-8,11-12H2,1-5H3. The molecule has 0 saturated carbocycles. The second-order valence-corrected chi connectivity index (χ2v) is 7.75. The molecule has 1 aliphatic rings. The summed E-state index contributed by atoms with van der Waals surface area (Å²) >= 11 is 0. The van der Waals surface area contributed by atoms with Crippen molar-refractivity contribution in [2.45, 2.75) is 65.0 Å². The van der Waals surface area contributed by atoms with Gasteiger partial charge in [0.15, 0.2) is 5.65 Å². The highest BCUT2D eigenvalue weighted by Crippen LogP contribution is 2.33. The first-order chi connectivity index (χ1) is 10.4. The van der Waals surface area contributed by atoms with E-state index in [1.165, 1.54) is 25.2 Å². The molecule has 4 heteroatoms. The molecule has 120 valence electrons. The van der Waals surface area contributed by atoms with Gasteiger partial charge in [0.25, 0.3) is 0 Å². The lowest BCUT2D eigenvalue weighted by Gasteiger charge is -2.36. The summed E-state index contributed by atoms with van der Waals surface area (Å²) in [6.07, 6.45) is 4.35. The SMILES string of the molecule is CC(C)N1CCCC(c2nc3cccnc3n2C(C)(C)C)C1. The average Bonchev–Trinajstić information content (AvgIpc) is 2.86. The molecule has 0 amide bonds. The average molecular weight is 300 g/mol. The van der Waals surface area contributed by atoms with E-state index < -0.39 is 0 Å². The molecule has 1 saturated heterocycles. The Morgan fingerprint density at radius 2 is 2.05 bits per heavy atom. The predicted octanol–water partition coefficient (Wildman–Crippen LogP) is 3.77. The van der Waals surface area contributed by atoms with Crippen LogP contribution < -0.4 is 0 Å². The van der Waals surface area contributed by atoms with E-state index in [0.717, 1.165) is 17.7 Å². The molecular weight excluding hydrogens is 272 g/mol. The number of aromatic nitrogens is 3. The molecule has 1 aliphatic heterocycles. The van der Waals surface area contributed by atoms with Gasteiger partial charge in [-0.05, 0) is 66.1 Å². The van der Waals surface area contributed by atoms with Gasteiger partial charge in [-0.1, -0.05) is 0 Å². The van der Waals surface area contributed by atoms with Crippen LogP contribution in [0.2, 0.25) is 0 Å². The zero-order chi connectivity index (χ0) is 15.9. The normalized spacial score (nSPS) is 20.9. The van der Waals surface area contributed by atoms with Crippen molar-refractivity contribution in [3.8, 4) is 0 Å². The maximum absolute atomic E-state index is 4.97. The fourth-order valence-corrected chi connectivity index (χ4v) is 3.55. The highest BCUT2D eigenvalue weighted by molar-refractivity contribution is 5.71. The summed E-state index contributed by atoms with van der Waals surface area (Å²) in [6, 6.07) is 4.67. The minimum atomic E-state index is -0.00144. The molecule has 1 fully saturated rings. The minimum absolute atomic E-state index is 0.00144. The van der Waals surface area contributed by atoms with E-state index in [4.69, 9.17) is 4.98 Å². The van der Waals surface area contributed by atoms with Crippen LogP contribution >= 0.6 is 0 Å². The summed E-state index contributed by atoms with van der Waals surface area (Å²) < 4.78 is 2.36. The number of pyridine rings is 1. The van der Waals surface area contributed by atoms with Gasteiger partial charge in [-0.2, -0.15) is 0 Å². The Balaban J connectivity index is 2.06. The molecule has 22 heavy (non-hydrogen) atoms. The van der Waals surface area contributed by atoms with Crippen LogP contribution in [0.3, 0.4) is 0 Å². The van der Waals surface area contributed by atoms with Crippen LogP contribution in [0.4, 0.5) is 0 Å². The van der Waals surface area contributed by atoms with Crippen molar-refractivity contribution in [3.63, 3.8) is 0 Å². The molecule has 3 rings (SSSR count). The van der Waals surface area contributed by atoms with Crippen molar-refractivity contribution in [2.24, 2.45) is 0 Å². The van der Waals surface area contributed by atoms with Crippen LogP contribution in [0.5, 0.6) is 0 Å². The maximum Gasteiger partial charge on any atom is 0.160 e. The topological polar surface area (TPSA) is 34.0 Å². The molecular formula is C18H28N4. The van der Waals surface area contributed by atoms with Crippen molar-refractivity contribution in [3.05, 3.63) is 24.2 Å². The zero-order valence-electron chi connectivity index (χ0n) is 14.5. The number of piperidine rings is 1. The number of rotatable bonds is 2. The lowest BCUT2D eigenvalue weighted by molar-refractivity contribution is 0.161. The number of likely N-dealkylation sites (tertiary alicyclic amines) is 1. The molecule has 3 heterocycles. The summed E-state index contributed by atoms with van der Waals surface area (Å²) in [5.41, 5.74) is 2.04. The Morgan fingerprint density at radius 1 is 1.27 bits per heavy atom. The Labute approximate surface area is 133 Å². The Morgan fingerprint density at radius 3 is 2.73 bits per heavy atom. The third-order valence-corrected chi connectivity index (χ3v) is 4.66. The van der Waals surface area contributed by atoms with Crippen molar-refractivity contribution < 1.29 is 0 Å². The molecule has 2 aromatic heterocycles. The molecule has 1 atom stereocenters. The molecule has 2 aromatic rings. The van der Waals surface area contributed by atoms with Gasteiger partial charge in [-0.3, -0.25) is 0 Å². The quantitative estimate of drug-likeness (QED) is 0.846. The van der Waals surface area contributed by atoms with Crippen LogP contribution in [-0.2, 0) is 5.54 Å². The molecule has 0 N–H and O–H groups in total. The van der Waals surface area contributed by atoms with E-state index in [1.807, 2.05) is 12.3 Å². The van der Waals surface area contributed by atoms with Crippen LogP contribution in [0.15, 0.2) is 18.3 Å². The largest absolute Gasteiger partial charge is 0.307 e. The zero-order valence-corrected chi connectivity index (χ0v) is 14.5. The van der Waals surface area contributed by atoms with Gasteiger partial charge in [0.05, 0.1) is 0 Å². The first kappa shape index (κ1) is 15.5. The fraction of sp³-hybridized carbons (Fsp3) is 0.667. The van der Waals surface area contributed by atoms with Crippen molar-refractivity contribution in [2.75, 3.05) is 13.1 Å². The first-order valence-corrected chi connectivity index (χ1v) is 8.46. The summed E-state index contributed by atoms with van der Waals surface area (Å²) in [5, 5.41) is 0. The Kier molecular flexibility index (Phi) is 3.98. The van der Waals surface area contributed by atoms with E-state index in [2.05, 4.69) is 55.1 Å². The van der Waals surface area contributed by atoms with Crippen molar-refractivity contribution in [1.29, 1.82) is 0 Å². The smallest absolute Gasteiger partial charge is 0.160 e. The molecule has 0 radical (unpaired) electrons. The molecule has 0 aliphatic carbocycles. The van der Waals surface area contributed by atoms with Crippen LogP contribution in [0.25, 0.3) is 11.2 Å². The van der Waals surface area contributed by atoms with Crippen LogP contribution in [-0.4, -0.2) is 38.6 Å². The van der Waals surface area contributed by atoms with Gasteiger partial charge in [0.1, 0.15) is 11.3 Å². The van der Waals surface area contributed by atoms with Gasteiger partial charge >= 0.3 is 0 Å². The lowest BCUT2D eigenvalue weighted by atomic mass is 9.95. The van der Waals surface area contributed by atoms with E-state index in [9.17, 15) is 0 Å². The Hall–Kier alpha value is -1.42. The van der Waals surface area contributed by atoms with Gasteiger partial charge in [-0.25, -0.2) is 9.97 Å². The third-order valence-electron chi connectivity index (χ3n) is 4.66. The van der Waals surface area contributed by atoms with Gasteiger partial charge in [0.2, 0.25) is 0 Å². The van der Waals surface area contributed by atoms with Crippen LogP contribution in [0.1, 0.15) is 59.2 Å². The summed E-state index contributed by atoms with van der Waals surface area (Å²) in [6.45, 7) is 13.6. The second kappa shape index (κ2) is 5.65. The van der Waals surface area contributed by atoms with E-state index in [-0.39, 0.29) is 5.54 Å². The molecule has 4 nitrogen and oxygen atoms in total. The molecule has 0 bridgehead atoms. The number of hydrogen-bond donors (Lipinski definition) is 0. The van der Waals surface area contributed by atoms with Gasteiger partial charge < -0.3 is 9.47 Å². The summed E-state index contributed by atoms with van der Waals surface area (Å²) in [4.78, 5) is 12.2. The predicted molar refractivity (Wildman–Crippen MR) is 91.2 cm³/mol. The number of imidazole rings is 1. The van der Waals surface area contributed by atoms with Crippen LogP contribution in [0, 0.1) is 0 Å². The highest BCUT2D eigenvalue weighted by Gasteiger charge is 2.30. The number of fused-ring (bicyclic) bond motifs is 1. The Bertz CT molecular complexity index is 651. The van der Waals surface area contributed by atoms with Crippen molar-refractivity contribution in [1.82, 2.24) is 19.4 Å². The first-order valence-electron chi connectivity index (χ1n) is 8.46. The second-order valence-electron chi connectivity index (χ2n) is 7.75. The van der Waals surface area contributed by atoms with Gasteiger partial charge in [-0.15, -0.1) is 0 Å². The monoisotopic (exact) mass is 300 g/mol. The fourth-order valence-electron chi connectivity index (χ4n) is 3.55. The summed E-state index contributed by atoms with van der Waals surface area (Å²) in [7, 11) is 0. The molecule has 1 unspecified atom stereocenters. The molecule has 0 aromatic carbocycles. The molecule has 0 spiro atoms. The van der Waals surface area contributed by atoms with Crippen molar-refractivity contribution >= 4 is 11.2 Å². The number of hydrogen-bond acceptors (Lipinski definition) is 3. The third kappa shape index (κ3) is 2.76. The van der Waals surface area contributed by atoms with E-state index in [0.29, 0.717) is 12.0 Å². The van der Waals surface area contributed by atoms with E-state index >= 15 is 0 Å². The van der Waals surface area contributed by atoms with E-state index in [1.54, 1.807) is 0 Å². The lowest BCUT2D eigenvalue weighted by Crippen LogP contribution is -2.40. The summed E-state index contributed by atoms with van der Waals surface area (Å²) in [5.74, 6) is 1.72. The minimum Gasteiger partial charge on any atom is -0.307 e. The van der Waals surface area contributed by atoms with Gasteiger partial charge in [0, 0.05) is 30.2 Å². The maximum atomic E-state index is 4.97. The number of nitrogens with zero attached hydrogens (tertiary/aromatic N) is 4. The highest BCUT2D eigenvalue weighted by atomic mass is 15.2.